The number of hydrogen-bond acceptors (Lipinski definition) is 4. The topological polar surface area (TPSA) is 52.6 Å². The number of rotatable bonds is 10. The van der Waals surface area contributed by atoms with E-state index in [0.717, 1.165) is 38.5 Å². The lowest BCUT2D eigenvalue weighted by Crippen LogP contribution is -2.20. The SMILES string of the molecule is CCCC(CC)C(=O)Oc1ccc(OC(=O)C(CC)CCC)cc1. The summed E-state index contributed by atoms with van der Waals surface area (Å²) in [5.74, 6) is 0.444. The van der Waals surface area contributed by atoms with Crippen LogP contribution in [-0.4, -0.2) is 11.9 Å². The Labute approximate surface area is 145 Å². The second kappa shape index (κ2) is 10.8. The smallest absolute Gasteiger partial charge is 0.314 e. The van der Waals surface area contributed by atoms with Gasteiger partial charge in [0.25, 0.3) is 0 Å². The Kier molecular flexibility index (Phi) is 9.13. The molecule has 1 aromatic rings. The van der Waals surface area contributed by atoms with E-state index in [1.165, 1.54) is 0 Å². The van der Waals surface area contributed by atoms with Crippen LogP contribution in [0.1, 0.15) is 66.2 Å². The van der Waals surface area contributed by atoms with Gasteiger partial charge in [0.1, 0.15) is 11.5 Å². The molecule has 0 spiro atoms. The Balaban J connectivity index is 2.62. The lowest BCUT2D eigenvalue weighted by molar-refractivity contribution is -0.140. The Morgan fingerprint density at radius 3 is 1.33 bits per heavy atom. The molecule has 0 bridgehead atoms. The fourth-order valence-corrected chi connectivity index (χ4v) is 2.65. The molecule has 0 radical (unpaired) electrons. The standard InChI is InChI=1S/C20H30O4/c1-5-9-15(7-3)19(21)23-17-11-13-18(14-12-17)24-20(22)16(8-4)10-6-2/h11-16H,5-10H2,1-4H3. The minimum atomic E-state index is -0.196. The van der Waals surface area contributed by atoms with Crippen molar-refractivity contribution in [3.05, 3.63) is 24.3 Å². The summed E-state index contributed by atoms with van der Waals surface area (Å²) < 4.78 is 10.8. The molecule has 2 atom stereocenters. The molecule has 0 saturated carbocycles. The Hall–Kier alpha value is -1.84. The average Bonchev–Trinajstić information content (AvgIpc) is 2.58. The van der Waals surface area contributed by atoms with Gasteiger partial charge < -0.3 is 9.47 Å². The third-order valence-corrected chi connectivity index (χ3v) is 4.19. The van der Waals surface area contributed by atoms with Gasteiger partial charge in [0, 0.05) is 0 Å². The molecule has 0 aromatic heterocycles. The fraction of sp³-hybridized carbons (Fsp3) is 0.600. The lowest BCUT2D eigenvalue weighted by atomic mass is 10.0. The maximum absolute atomic E-state index is 12.1. The first-order valence-corrected chi connectivity index (χ1v) is 9.08. The second-order valence-electron chi connectivity index (χ2n) is 6.10. The quantitative estimate of drug-likeness (QED) is 0.438. The summed E-state index contributed by atoms with van der Waals surface area (Å²) in [5, 5.41) is 0. The van der Waals surface area contributed by atoms with Crippen molar-refractivity contribution in [1.29, 1.82) is 0 Å². The highest BCUT2D eigenvalue weighted by Gasteiger charge is 2.19. The molecule has 24 heavy (non-hydrogen) atoms. The third kappa shape index (κ3) is 6.34. The van der Waals surface area contributed by atoms with Crippen LogP contribution < -0.4 is 9.47 Å². The monoisotopic (exact) mass is 334 g/mol. The van der Waals surface area contributed by atoms with Crippen molar-refractivity contribution >= 4 is 11.9 Å². The molecule has 134 valence electrons. The van der Waals surface area contributed by atoms with E-state index in [4.69, 9.17) is 9.47 Å². The van der Waals surface area contributed by atoms with Gasteiger partial charge in [0.05, 0.1) is 11.8 Å². The molecule has 1 rings (SSSR count). The number of carbonyl (C=O) groups is 2. The Morgan fingerprint density at radius 2 is 1.08 bits per heavy atom. The van der Waals surface area contributed by atoms with Crippen LogP contribution in [0.2, 0.25) is 0 Å². The lowest BCUT2D eigenvalue weighted by Gasteiger charge is -2.14. The van der Waals surface area contributed by atoms with Crippen LogP contribution in [0.5, 0.6) is 11.5 Å². The van der Waals surface area contributed by atoms with E-state index in [1.54, 1.807) is 24.3 Å². The highest BCUT2D eigenvalue weighted by molar-refractivity contribution is 5.76. The van der Waals surface area contributed by atoms with Gasteiger partial charge in [-0.1, -0.05) is 40.5 Å². The van der Waals surface area contributed by atoms with E-state index in [9.17, 15) is 9.59 Å². The first kappa shape index (κ1) is 20.2. The zero-order valence-corrected chi connectivity index (χ0v) is 15.3. The van der Waals surface area contributed by atoms with Crippen molar-refractivity contribution < 1.29 is 19.1 Å². The van der Waals surface area contributed by atoms with Crippen molar-refractivity contribution in [3.63, 3.8) is 0 Å². The minimum absolute atomic E-state index is 0.0631. The number of carbonyl (C=O) groups excluding carboxylic acids is 2. The van der Waals surface area contributed by atoms with Gasteiger partial charge in [-0.2, -0.15) is 0 Å². The largest absolute Gasteiger partial charge is 0.426 e. The van der Waals surface area contributed by atoms with Crippen molar-refractivity contribution in [2.75, 3.05) is 0 Å². The van der Waals surface area contributed by atoms with Gasteiger partial charge in [-0.25, -0.2) is 0 Å². The van der Waals surface area contributed by atoms with Gasteiger partial charge >= 0.3 is 11.9 Å². The maximum Gasteiger partial charge on any atom is 0.314 e. The van der Waals surface area contributed by atoms with E-state index in [0.29, 0.717) is 11.5 Å². The second-order valence-corrected chi connectivity index (χ2v) is 6.10. The molecule has 0 aliphatic heterocycles. The highest BCUT2D eigenvalue weighted by Crippen LogP contribution is 2.22. The van der Waals surface area contributed by atoms with Crippen LogP contribution in [0.15, 0.2) is 24.3 Å². The molecular formula is C20H30O4. The van der Waals surface area contributed by atoms with Crippen molar-refractivity contribution in [2.45, 2.75) is 66.2 Å². The zero-order chi connectivity index (χ0) is 17.9. The average molecular weight is 334 g/mol. The van der Waals surface area contributed by atoms with Gasteiger partial charge in [-0.05, 0) is 49.9 Å². The van der Waals surface area contributed by atoms with Crippen LogP contribution in [-0.2, 0) is 9.59 Å². The van der Waals surface area contributed by atoms with Crippen LogP contribution in [0.4, 0.5) is 0 Å². The first-order chi connectivity index (χ1) is 11.5. The summed E-state index contributed by atoms with van der Waals surface area (Å²) in [4.78, 5) is 24.2. The molecule has 0 N–H and O–H groups in total. The van der Waals surface area contributed by atoms with E-state index >= 15 is 0 Å². The highest BCUT2D eigenvalue weighted by atomic mass is 16.5. The molecule has 2 unspecified atom stereocenters. The third-order valence-electron chi connectivity index (χ3n) is 4.19. The number of hydrogen-bond donors (Lipinski definition) is 0. The Morgan fingerprint density at radius 1 is 0.750 bits per heavy atom. The summed E-state index contributed by atoms with van der Waals surface area (Å²) in [7, 11) is 0. The summed E-state index contributed by atoms with van der Waals surface area (Å²) >= 11 is 0. The molecular weight excluding hydrogens is 304 g/mol. The molecule has 0 amide bonds. The number of esters is 2. The van der Waals surface area contributed by atoms with Gasteiger partial charge in [0.2, 0.25) is 0 Å². The molecule has 4 heteroatoms. The van der Waals surface area contributed by atoms with Crippen LogP contribution >= 0.6 is 0 Å². The van der Waals surface area contributed by atoms with E-state index in [1.807, 2.05) is 13.8 Å². The molecule has 0 aliphatic rings. The Bertz CT molecular complexity index is 460. The summed E-state index contributed by atoms with van der Waals surface area (Å²) in [6.45, 7) is 8.09. The molecule has 4 nitrogen and oxygen atoms in total. The predicted molar refractivity (Wildman–Crippen MR) is 95.1 cm³/mol. The molecule has 0 aliphatic carbocycles. The van der Waals surface area contributed by atoms with Crippen molar-refractivity contribution in [1.82, 2.24) is 0 Å². The maximum atomic E-state index is 12.1. The van der Waals surface area contributed by atoms with E-state index in [2.05, 4.69) is 13.8 Å². The summed E-state index contributed by atoms with van der Waals surface area (Å²) in [6, 6.07) is 6.67. The van der Waals surface area contributed by atoms with Crippen LogP contribution in [0.3, 0.4) is 0 Å². The van der Waals surface area contributed by atoms with E-state index < -0.39 is 0 Å². The van der Waals surface area contributed by atoms with Gasteiger partial charge in [-0.3, -0.25) is 9.59 Å². The first-order valence-electron chi connectivity index (χ1n) is 9.08. The number of benzene rings is 1. The molecule has 0 saturated heterocycles. The molecule has 1 aromatic carbocycles. The van der Waals surface area contributed by atoms with Crippen molar-refractivity contribution in [2.24, 2.45) is 11.8 Å². The van der Waals surface area contributed by atoms with E-state index in [-0.39, 0.29) is 23.8 Å². The normalized spacial score (nSPS) is 13.2. The van der Waals surface area contributed by atoms with Crippen molar-refractivity contribution in [3.8, 4) is 11.5 Å². The molecule has 0 heterocycles. The van der Waals surface area contributed by atoms with Gasteiger partial charge in [0.15, 0.2) is 0 Å². The zero-order valence-electron chi connectivity index (χ0n) is 15.3. The predicted octanol–water partition coefficient (Wildman–Crippen LogP) is 5.15. The summed E-state index contributed by atoms with van der Waals surface area (Å²) in [5.41, 5.74) is 0. The molecule has 0 fully saturated rings. The fourth-order valence-electron chi connectivity index (χ4n) is 2.65. The number of ether oxygens (including phenoxy) is 2. The van der Waals surface area contributed by atoms with Crippen LogP contribution in [0.25, 0.3) is 0 Å². The summed E-state index contributed by atoms with van der Waals surface area (Å²) in [6.07, 6.45) is 5.13. The van der Waals surface area contributed by atoms with Gasteiger partial charge in [-0.15, -0.1) is 0 Å². The van der Waals surface area contributed by atoms with Crippen LogP contribution in [0, 0.1) is 11.8 Å². The minimum Gasteiger partial charge on any atom is -0.426 e.